The van der Waals surface area contributed by atoms with E-state index in [0.717, 1.165) is 13.1 Å². The summed E-state index contributed by atoms with van der Waals surface area (Å²) in [5.41, 5.74) is 0.223. The summed E-state index contributed by atoms with van der Waals surface area (Å²) in [5, 5.41) is 4.87. The third-order valence-electron chi connectivity index (χ3n) is 4.14. The molecule has 3 amide bonds. The number of carbonyl (C=O) groups excluding carboxylic acids is 3. The van der Waals surface area contributed by atoms with E-state index in [0.29, 0.717) is 13.1 Å². The number of para-hydroxylation sites is 1. The molecule has 2 rings (SSSR count). The molecule has 1 aliphatic heterocycles. The average molecular weight is 451 g/mol. The van der Waals surface area contributed by atoms with Gasteiger partial charge in [-0.3, -0.25) is 4.79 Å². The number of hydrogen-bond acceptors (Lipinski definition) is 6. The molecular weight excluding hydrogens is 412 g/mol. The van der Waals surface area contributed by atoms with Crippen LogP contribution in [0.5, 0.6) is 0 Å². The van der Waals surface area contributed by atoms with Gasteiger partial charge in [0.1, 0.15) is 17.7 Å². The topological polar surface area (TPSA) is 100 Å². The first kappa shape index (κ1) is 27.1. The third-order valence-corrected chi connectivity index (χ3v) is 4.14. The third kappa shape index (κ3) is 11.4. The van der Waals surface area contributed by atoms with E-state index >= 15 is 0 Å². The Bertz CT molecular complexity index is 733. The van der Waals surface area contributed by atoms with Crippen molar-refractivity contribution < 1.29 is 23.9 Å². The molecule has 0 aromatic heterocycles. The van der Waals surface area contributed by atoms with Crippen LogP contribution in [-0.4, -0.2) is 74.0 Å². The maximum atomic E-state index is 12.1. The van der Waals surface area contributed by atoms with Crippen molar-refractivity contribution in [2.45, 2.75) is 52.7 Å². The van der Waals surface area contributed by atoms with E-state index in [9.17, 15) is 14.4 Å². The number of piperazine rings is 1. The van der Waals surface area contributed by atoms with Gasteiger partial charge in [0.05, 0.1) is 0 Å². The molecule has 0 unspecified atom stereocenters. The first-order valence-electron chi connectivity index (χ1n) is 10.8. The van der Waals surface area contributed by atoms with Gasteiger partial charge in [0.15, 0.2) is 0 Å². The number of benzene rings is 1. The molecule has 1 aromatic carbocycles. The standard InChI is InChI=1S/C17H25N3O3.C6H13NO2/c1-17(2,3)23-16(22)18-13-15(21)20-11-9-19(10-12-20)14-7-5-4-6-8-14;1-6(2,3)9-5(8)7-4/h4-8H,9-13H2,1-3H3,(H,18,22);1-4H3,(H,7,8). The Morgan fingerprint density at radius 2 is 1.34 bits per heavy atom. The molecule has 1 aliphatic rings. The molecule has 0 atom stereocenters. The van der Waals surface area contributed by atoms with Crippen molar-refractivity contribution in [1.29, 1.82) is 0 Å². The van der Waals surface area contributed by atoms with Gasteiger partial charge in [0, 0.05) is 38.9 Å². The molecule has 1 saturated heterocycles. The van der Waals surface area contributed by atoms with Crippen LogP contribution in [0.1, 0.15) is 41.5 Å². The highest BCUT2D eigenvalue weighted by atomic mass is 16.6. The quantitative estimate of drug-likeness (QED) is 0.734. The SMILES string of the molecule is CC(C)(C)OC(=O)NCC(=O)N1CCN(c2ccccc2)CC1.CNC(=O)OC(C)(C)C. The summed E-state index contributed by atoms with van der Waals surface area (Å²) in [5.74, 6) is -0.0800. The zero-order valence-corrected chi connectivity index (χ0v) is 20.4. The van der Waals surface area contributed by atoms with Gasteiger partial charge in [-0.15, -0.1) is 0 Å². The van der Waals surface area contributed by atoms with Gasteiger partial charge in [-0.1, -0.05) is 18.2 Å². The summed E-state index contributed by atoms with van der Waals surface area (Å²) in [7, 11) is 1.54. The molecule has 0 aliphatic carbocycles. The summed E-state index contributed by atoms with van der Waals surface area (Å²) in [6, 6.07) is 10.2. The largest absolute Gasteiger partial charge is 0.444 e. The van der Waals surface area contributed by atoms with Crippen LogP contribution >= 0.6 is 0 Å². The van der Waals surface area contributed by atoms with Crippen LogP contribution in [0.15, 0.2) is 30.3 Å². The molecule has 32 heavy (non-hydrogen) atoms. The number of anilines is 1. The fourth-order valence-corrected chi connectivity index (χ4v) is 2.76. The zero-order chi connectivity index (χ0) is 24.4. The van der Waals surface area contributed by atoms with Crippen LogP contribution in [0.2, 0.25) is 0 Å². The van der Waals surface area contributed by atoms with Crippen molar-refractivity contribution >= 4 is 23.8 Å². The number of hydrogen-bond donors (Lipinski definition) is 2. The molecule has 1 fully saturated rings. The normalized spacial score (nSPS) is 14.0. The van der Waals surface area contributed by atoms with Gasteiger partial charge in [0.25, 0.3) is 0 Å². The smallest absolute Gasteiger partial charge is 0.408 e. The molecule has 1 aromatic rings. The Morgan fingerprint density at radius 1 is 0.844 bits per heavy atom. The number of alkyl carbamates (subject to hydrolysis) is 2. The number of carbonyl (C=O) groups is 3. The molecule has 0 radical (unpaired) electrons. The lowest BCUT2D eigenvalue weighted by Crippen LogP contribution is -2.51. The molecular formula is C23H38N4O5. The van der Waals surface area contributed by atoms with Gasteiger partial charge in [-0.05, 0) is 53.7 Å². The van der Waals surface area contributed by atoms with Crippen LogP contribution in [0, 0.1) is 0 Å². The second-order valence-electron chi connectivity index (χ2n) is 9.31. The number of nitrogens with one attached hydrogen (secondary N) is 2. The van der Waals surface area contributed by atoms with E-state index in [4.69, 9.17) is 9.47 Å². The van der Waals surface area contributed by atoms with Crippen LogP contribution < -0.4 is 15.5 Å². The molecule has 9 nitrogen and oxygen atoms in total. The number of rotatable bonds is 3. The lowest BCUT2D eigenvalue weighted by Gasteiger charge is -2.36. The molecule has 1 heterocycles. The summed E-state index contributed by atoms with van der Waals surface area (Å²) in [6.45, 7) is 13.7. The summed E-state index contributed by atoms with van der Waals surface area (Å²) in [4.78, 5) is 38.2. The van der Waals surface area contributed by atoms with Crippen LogP contribution in [0.4, 0.5) is 15.3 Å². The predicted molar refractivity (Wildman–Crippen MR) is 125 cm³/mol. The summed E-state index contributed by atoms with van der Waals surface area (Å²) < 4.78 is 9.96. The Hall–Kier alpha value is -2.97. The predicted octanol–water partition coefficient (Wildman–Crippen LogP) is 3.00. The Balaban J connectivity index is 0.000000482. The van der Waals surface area contributed by atoms with E-state index in [1.54, 1.807) is 25.7 Å². The lowest BCUT2D eigenvalue weighted by molar-refractivity contribution is -0.130. The van der Waals surface area contributed by atoms with Gasteiger partial charge >= 0.3 is 12.2 Å². The number of nitrogens with zero attached hydrogens (tertiary/aromatic N) is 2. The minimum Gasteiger partial charge on any atom is -0.444 e. The van der Waals surface area contributed by atoms with Crippen LogP contribution in [0.25, 0.3) is 0 Å². The van der Waals surface area contributed by atoms with Crippen molar-refractivity contribution in [3.05, 3.63) is 30.3 Å². The average Bonchev–Trinajstić information content (AvgIpc) is 2.71. The van der Waals surface area contributed by atoms with Crippen molar-refractivity contribution in [1.82, 2.24) is 15.5 Å². The minimum atomic E-state index is -0.561. The van der Waals surface area contributed by atoms with E-state index in [2.05, 4.69) is 27.7 Å². The zero-order valence-electron chi connectivity index (χ0n) is 20.4. The van der Waals surface area contributed by atoms with Gasteiger partial charge < -0.3 is 29.9 Å². The molecule has 0 spiro atoms. The number of ether oxygens (including phenoxy) is 2. The highest BCUT2D eigenvalue weighted by Crippen LogP contribution is 2.15. The monoisotopic (exact) mass is 450 g/mol. The molecule has 180 valence electrons. The minimum absolute atomic E-state index is 0.0275. The van der Waals surface area contributed by atoms with Crippen LogP contribution in [0.3, 0.4) is 0 Å². The van der Waals surface area contributed by atoms with E-state index in [1.807, 2.05) is 39.0 Å². The van der Waals surface area contributed by atoms with E-state index < -0.39 is 11.7 Å². The highest BCUT2D eigenvalue weighted by Gasteiger charge is 2.22. The molecule has 2 N–H and O–H groups in total. The lowest BCUT2D eigenvalue weighted by atomic mass is 10.2. The maximum Gasteiger partial charge on any atom is 0.408 e. The van der Waals surface area contributed by atoms with Crippen LogP contribution in [-0.2, 0) is 14.3 Å². The van der Waals surface area contributed by atoms with Crippen molar-refractivity contribution in [2.24, 2.45) is 0 Å². The Morgan fingerprint density at radius 3 is 1.78 bits per heavy atom. The fraction of sp³-hybridized carbons (Fsp3) is 0.609. The Kier molecular flexibility index (Phi) is 10.3. The highest BCUT2D eigenvalue weighted by molar-refractivity contribution is 5.82. The number of amides is 3. The molecule has 0 saturated carbocycles. The summed E-state index contributed by atoms with van der Waals surface area (Å²) >= 11 is 0. The molecule has 0 bridgehead atoms. The van der Waals surface area contributed by atoms with E-state index in [1.165, 1.54) is 12.7 Å². The second kappa shape index (κ2) is 12.2. The first-order chi connectivity index (χ1) is 14.8. The fourth-order valence-electron chi connectivity index (χ4n) is 2.76. The van der Waals surface area contributed by atoms with Crippen molar-refractivity contribution in [3.63, 3.8) is 0 Å². The maximum absolute atomic E-state index is 12.1. The molecule has 9 heteroatoms. The van der Waals surface area contributed by atoms with Gasteiger partial charge in [0.2, 0.25) is 5.91 Å². The van der Waals surface area contributed by atoms with Gasteiger partial charge in [-0.25, -0.2) is 9.59 Å². The van der Waals surface area contributed by atoms with Crippen molar-refractivity contribution in [2.75, 3.05) is 44.7 Å². The van der Waals surface area contributed by atoms with E-state index in [-0.39, 0.29) is 24.1 Å². The first-order valence-corrected chi connectivity index (χ1v) is 10.8. The van der Waals surface area contributed by atoms with Crippen molar-refractivity contribution in [3.8, 4) is 0 Å². The second-order valence-corrected chi connectivity index (χ2v) is 9.31. The summed E-state index contributed by atoms with van der Waals surface area (Å²) in [6.07, 6.45) is -0.948. The Labute approximate surface area is 191 Å². The van der Waals surface area contributed by atoms with Gasteiger partial charge in [-0.2, -0.15) is 0 Å².